The number of aromatic nitrogens is 2. The number of anilines is 1. The molecule has 0 radical (unpaired) electrons. The van der Waals surface area contributed by atoms with Gasteiger partial charge in [0.05, 0.1) is 18.5 Å². The second-order valence-corrected chi connectivity index (χ2v) is 6.93. The third-order valence-corrected chi connectivity index (χ3v) is 4.64. The van der Waals surface area contributed by atoms with Gasteiger partial charge in [0, 0.05) is 6.54 Å². The van der Waals surface area contributed by atoms with Crippen molar-refractivity contribution >= 4 is 29.2 Å². The van der Waals surface area contributed by atoms with Crippen molar-refractivity contribution in [3.8, 4) is 5.75 Å². The largest absolute Gasteiger partial charge is 0.495 e. The zero-order chi connectivity index (χ0) is 20.8. The van der Waals surface area contributed by atoms with Crippen LogP contribution in [0, 0.1) is 13.8 Å². The van der Waals surface area contributed by atoms with E-state index in [4.69, 9.17) is 21.1 Å². The second-order valence-electron chi connectivity index (χ2n) is 6.57. The number of hydrogen-bond donors (Lipinski definition) is 1. The van der Waals surface area contributed by atoms with Gasteiger partial charge in [-0.2, -0.15) is 5.10 Å². The summed E-state index contributed by atoms with van der Waals surface area (Å²) in [6.07, 6.45) is 0.855. The van der Waals surface area contributed by atoms with Crippen LogP contribution in [-0.2, 0) is 16.1 Å². The van der Waals surface area contributed by atoms with E-state index < -0.39 is 18.0 Å². The van der Waals surface area contributed by atoms with Crippen LogP contribution >= 0.6 is 11.6 Å². The number of carbonyl (C=O) groups excluding carboxylic acids is 2. The van der Waals surface area contributed by atoms with Crippen molar-refractivity contribution in [2.75, 3.05) is 12.4 Å². The molecule has 1 aromatic carbocycles. The molecule has 28 heavy (non-hydrogen) atoms. The molecular weight excluding hydrogens is 382 g/mol. The van der Waals surface area contributed by atoms with Crippen LogP contribution in [0.2, 0.25) is 5.15 Å². The Kier molecular flexibility index (Phi) is 7.45. The number of methoxy groups -OCH3 is 1. The van der Waals surface area contributed by atoms with Crippen LogP contribution in [0.1, 0.15) is 48.3 Å². The molecule has 1 amide bonds. The summed E-state index contributed by atoms with van der Waals surface area (Å²) in [6.45, 7) is 7.77. The predicted molar refractivity (Wildman–Crippen MR) is 108 cm³/mol. The van der Waals surface area contributed by atoms with Crippen LogP contribution in [0.4, 0.5) is 5.69 Å². The topological polar surface area (TPSA) is 82.5 Å². The Hall–Kier alpha value is -2.54. The van der Waals surface area contributed by atoms with Crippen molar-refractivity contribution < 1.29 is 19.1 Å². The first-order valence-electron chi connectivity index (χ1n) is 9.17. The van der Waals surface area contributed by atoms with E-state index in [0.717, 1.165) is 18.4 Å². The second kappa shape index (κ2) is 9.59. The van der Waals surface area contributed by atoms with Gasteiger partial charge in [-0.15, -0.1) is 0 Å². The van der Waals surface area contributed by atoms with Gasteiger partial charge >= 0.3 is 5.97 Å². The smallest absolute Gasteiger partial charge is 0.343 e. The Bertz CT molecular complexity index is 863. The molecule has 1 atom stereocenters. The maximum absolute atomic E-state index is 12.6. The van der Waals surface area contributed by atoms with Crippen molar-refractivity contribution in [3.05, 3.63) is 40.2 Å². The normalized spacial score (nSPS) is 11.8. The van der Waals surface area contributed by atoms with E-state index >= 15 is 0 Å². The first-order chi connectivity index (χ1) is 13.3. The summed E-state index contributed by atoms with van der Waals surface area (Å²) in [6, 6.07) is 5.42. The van der Waals surface area contributed by atoms with Gasteiger partial charge in [0.25, 0.3) is 5.91 Å². The van der Waals surface area contributed by atoms with Gasteiger partial charge in [0.1, 0.15) is 16.5 Å². The van der Waals surface area contributed by atoms with Gasteiger partial charge in [0.2, 0.25) is 0 Å². The van der Waals surface area contributed by atoms with Crippen molar-refractivity contribution in [2.24, 2.45) is 0 Å². The number of amides is 1. The summed E-state index contributed by atoms with van der Waals surface area (Å²) in [5.74, 6) is -0.623. The molecule has 0 aliphatic rings. The van der Waals surface area contributed by atoms with E-state index in [9.17, 15) is 9.59 Å². The van der Waals surface area contributed by atoms with E-state index in [0.29, 0.717) is 23.7 Å². The zero-order valence-electron chi connectivity index (χ0n) is 16.8. The summed E-state index contributed by atoms with van der Waals surface area (Å²) in [5.41, 5.74) is 2.13. The fraction of sp³-hybridized carbons (Fsp3) is 0.450. The van der Waals surface area contributed by atoms with E-state index in [2.05, 4.69) is 17.3 Å². The van der Waals surface area contributed by atoms with E-state index in [-0.39, 0.29) is 10.7 Å². The zero-order valence-corrected chi connectivity index (χ0v) is 17.6. The molecule has 0 spiro atoms. The number of halogens is 1. The number of carbonyl (C=O) groups is 2. The average Bonchev–Trinajstić information content (AvgIpc) is 2.93. The summed E-state index contributed by atoms with van der Waals surface area (Å²) in [4.78, 5) is 25.0. The molecule has 7 nitrogen and oxygen atoms in total. The number of rotatable bonds is 8. The molecule has 2 rings (SSSR count). The molecule has 8 heteroatoms. The first-order valence-corrected chi connectivity index (χ1v) is 9.55. The summed E-state index contributed by atoms with van der Waals surface area (Å²) < 4.78 is 12.2. The molecule has 1 heterocycles. The third-order valence-electron chi connectivity index (χ3n) is 4.26. The molecule has 0 saturated heterocycles. The van der Waals surface area contributed by atoms with Gasteiger partial charge in [-0.3, -0.25) is 9.48 Å². The molecule has 1 N–H and O–H groups in total. The predicted octanol–water partition coefficient (Wildman–Crippen LogP) is 4.15. The molecular formula is C20H26ClN3O4. The highest BCUT2D eigenvalue weighted by atomic mass is 35.5. The molecule has 0 bridgehead atoms. The lowest BCUT2D eigenvalue weighted by molar-refractivity contribution is -0.123. The average molecular weight is 408 g/mol. The Morgan fingerprint density at radius 1 is 1.32 bits per heavy atom. The Balaban J connectivity index is 2.09. The van der Waals surface area contributed by atoms with Crippen LogP contribution in [0.25, 0.3) is 0 Å². The minimum Gasteiger partial charge on any atom is -0.495 e. The molecule has 152 valence electrons. The standard InChI is InChI=1S/C20H26ClN3O4/c1-6-7-10-24-18(21)17(13(3)23-24)20(26)28-14(4)19(25)22-15-11-12(2)8-9-16(15)27-5/h8-9,11,14H,6-7,10H2,1-5H3,(H,22,25)/t14-/m1/s1. The minimum absolute atomic E-state index is 0.186. The number of nitrogens with one attached hydrogen (secondary N) is 1. The molecule has 0 unspecified atom stereocenters. The van der Waals surface area contributed by atoms with Crippen LogP contribution < -0.4 is 10.1 Å². The monoisotopic (exact) mass is 407 g/mol. The Morgan fingerprint density at radius 3 is 2.68 bits per heavy atom. The Labute approximate surface area is 170 Å². The first kappa shape index (κ1) is 21.8. The van der Waals surface area contributed by atoms with Crippen molar-refractivity contribution in [1.82, 2.24) is 9.78 Å². The molecule has 0 fully saturated rings. The highest BCUT2D eigenvalue weighted by Gasteiger charge is 2.26. The van der Waals surface area contributed by atoms with Gasteiger partial charge < -0.3 is 14.8 Å². The highest BCUT2D eigenvalue weighted by molar-refractivity contribution is 6.32. The lowest BCUT2D eigenvalue weighted by atomic mass is 10.2. The summed E-state index contributed by atoms with van der Waals surface area (Å²) >= 11 is 6.29. The molecule has 0 saturated carbocycles. The number of aryl methyl sites for hydroxylation is 3. The van der Waals surface area contributed by atoms with Crippen LogP contribution in [0.15, 0.2) is 18.2 Å². The van der Waals surface area contributed by atoms with Crippen LogP contribution in [-0.4, -0.2) is 34.9 Å². The highest BCUT2D eigenvalue weighted by Crippen LogP contribution is 2.26. The van der Waals surface area contributed by atoms with Crippen molar-refractivity contribution in [3.63, 3.8) is 0 Å². The fourth-order valence-electron chi connectivity index (χ4n) is 2.67. The number of hydrogen-bond acceptors (Lipinski definition) is 5. The van der Waals surface area contributed by atoms with E-state index in [1.807, 2.05) is 13.0 Å². The van der Waals surface area contributed by atoms with Gasteiger partial charge in [0.15, 0.2) is 6.10 Å². The third kappa shape index (κ3) is 5.04. The molecule has 0 aliphatic heterocycles. The van der Waals surface area contributed by atoms with Gasteiger partial charge in [-0.05, 0) is 44.9 Å². The van der Waals surface area contributed by atoms with Gasteiger partial charge in [-0.25, -0.2) is 4.79 Å². The van der Waals surface area contributed by atoms with Crippen LogP contribution in [0.5, 0.6) is 5.75 Å². The van der Waals surface area contributed by atoms with Crippen molar-refractivity contribution in [1.29, 1.82) is 0 Å². The number of nitrogens with zero attached hydrogens (tertiary/aromatic N) is 2. The lowest BCUT2D eigenvalue weighted by Gasteiger charge is -2.15. The SMILES string of the molecule is CCCCn1nc(C)c(C(=O)O[C@H](C)C(=O)Nc2cc(C)ccc2OC)c1Cl. The van der Waals surface area contributed by atoms with E-state index in [1.165, 1.54) is 14.0 Å². The quantitative estimate of drug-likeness (QED) is 0.665. The summed E-state index contributed by atoms with van der Waals surface area (Å²) in [5, 5.41) is 7.24. The van der Waals surface area contributed by atoms with Crippen molar-refractivity contribution in [2.45, 2.75) is 53.2 Å². The number of benzene rings is 1. The fourth-order valence-corrected chi connectivity index (χ4v) is 3.00. The molecule has 0 aliphatic carbocycles. The van der Waals surface area contributed by atoms with E-state index in [1.54, 1.807) is 23.7 Å². The maximum atomic E-state index is 12.6. The number of unbranched alkanes of at least 4 members (excludes halogenated alkanes) is 1. The Morgan fingerprint density at radius 2 is 2.04 bits per heavy atom. The maximum Gasteiger partial charge on any atom is 0.343 e. The molecule has 1 aromatic heterocycles. The molecule has 2 aromatic rings. The summed E-state index contributed by atoms with van der Waals surface area (Å²) in [7, 11) is 1.52. The van der Waals surface area contributed by atoms with Crippen LogP contribution in [0.3, 0.4) is 0 Å². The number of esters is 1. The number of ether oxygens (including phenoxy) is 2. The lowest BCUT2D eigenvalue weighted by Crippen LogP contribution is -2.30. The van der Waals surface area contributed by atoms with Gasteiger partial charge in [-0.1, -0.05) is 31.0 Å². The minimum atomic E-state index is -1.02.